The van der Waals surface area contributed by atoms with Crippen molar-refractivity contribution >= 4 is 5.91 Å². The van der Waals surface area contributed by atoms with Gasteiger partial charge in [-0.3, -0.25) is 4.79 Å². The fourth-order valence-electron chi connectivity index (χ4n) is 3.75. The van der Waals surface area contributed by atoms with Crippen LogP contribution < -0.4 is 5.32 Å². The van der Waals surface area contributed by atoms with Gasteiger partial charge in [0, 0.05) is 6.92 Å². The number of carbonyl (C=O) groups excluding carboxylic acids is 1. The van der Waals surface area contributed by atoms with E-state index in [0.29, 0.717) is 0 Å². The molecule has 2 fully saturated rings. The largest absolute Gasteiger partial charge is 0.394 e. The highest BCUT2D eigenvalue weighted by molar-refractivity contribution is 5.73. The summed E-state index contributed by atoms with van der Waals surface area (Å²) >= 11 is 0. The summed E-state index contributed by atoms with van der Waals surface area (Å²) in [6, 6.07) is 8.06. The Morgan fingerprint density at radius 1 is 0.879 bits per heavy atom. The quantitative estimate of drug-likeness (QED) is 0.203. The lowest BCUT2D eigenvalue weighted by atomic mass is 9.96. The van der Waals surface area contributed by atoms with Gasteiger partial charge in [-0.05, 0) is 5.56 Å². The molecular formula is C21H31NO11. The molecule has 2 unspecified atom stereocenters. The monoisotopic (exact) mass is 473 g/mol. The van der Waals surface area contributed by atoms with Crippen LogP contribution in [0.25, 0.3) is 0 Å². The molecule has 1 amide bonds. The van der Waals surface area contributed by atoms with E-state index in [1.807, 2.05) is 30.3 Å². The molecule has 0 radical (unpaired) electrons. The summed E-state index contributed by atoms with van der Waals surface area (Å²) in [6.07, 6.45) is -12.7. The SMILES string of the molecule is CC(=O)N[C@@H]1[C@@H](OCc2ccccc2)OC(CO[C@@H]2OC(CO)[C@@H](O)[C@H](O)[C@@H]2O)[C@@H](O)[C@@H]1O. The van der Waals surface area contributed by atoms with Crippen LogP contribution in [0.2, 0.25) is 0 Å². The Balaban J connectivity index is 1.66. The first-order valence-electron chi connectivity index (χ1n) is 10.6. The predicted octanol–water partition coefficient (Wildman–Crippen LogP) is -3.03. The first kappa shape index (κ1) is 25.9. The Labute approximate surface area is 190 Å². The minimum atomic E-state index is -1.63. The molecule has 0 spiro atoms. The van der Waals surface area contributed by atoms with Crippen LogP contribution in [-0.4, -0.2) is 111 Å². The van der Waals surface area contributed by atoms with Gasteiger partial charge in [-0.15, -0.1) is 0 Å². The molecule has 2 aliphatic rings. The van der Waals surface area contributed by atoms with Crippen molar-refractivity contribution in [3.63, 3.8) is 0 Å². The number of rotatable bonds is 8. The molecule has 12 heteroatoms. The molecule has 33 heavy (non-hydrogen) atoms. The van der Waals surface area contributed by atoms with E-state index < -0.39 is 80.5 Å². The number of nitrogens with one attached hydrogen (secondary N) is 1. The highest BCUT2D eigenvalue weighted by atomic mass is 16.7. The van der Waals surface area contributed by atoms with Crippen LogP contribution in [0.5, 0.6) is 0 Å². The highest BCUT2D eigenvalue weighted by Gasteiger charge is 2.48. The zero-order valence-electron chi connectivity index (χ0n) is 18.0. The van der Waals surface area contributed by atoms with E-state index in [2.05, 4.69) is 5.32 Å². The summed E-state index contributed by atoms with van der Waals surface area (Å²) in [5.74, 6) is -0.459. The van der Waals surface area contributed by atoms with Gasteiger partial charge in [-0.25, -0.2) is 0 Å². The molecule has 12 nitrogen and oxygen atoms in total. The zero-order valence-corrected chi connectivity index (χ0v) is 18.0. The molecule has 3 rings (SSSR count). The van der Waals surface area contributed by atoms with Crippen LogP contribution in [-0.2, 0) is 30.3 Å². The Morgan fingerprint density at radius 2 is 1.52 bits per heavy atom. The summed E-state index contributed by atoms with van der Waals surface area (Å²) in [5, 5.41) is 62.8. The predicted molar refractivity (Wildman–Crippen MR) is 109 cm³/mol. The zero-order chi connectivity index (χ0) is 24.1. The van der Waals surface area contributed by atoms with Crippen LogP contribution in [0.1, 0.15) is 12.5 Å². The topological polar surface area (TPSA) is 187 Å². The van der Waals surface area contributed by atoms with Gasteiger partial charge in [0.25, 0.3) is 0 Å². The van der Waals surface area contributed by atoms with Gasteiger partial charge in [0.2, 0.25) is 5.91 Å². The Morgan fingerprint density at radius 3 is 2.15 bits per heavy atom. The van der Waals surface area contributed by atoms with Gasteiger partial charge >= 0.3 is 0 Å². The van der Waals surface area contributed by atoms with E-state index in [-0.39, 0.29) is 6.61 Å². The van der Waals surface area contributed by atoms with E-state index in [0.717, 1.165) is 5.56 Å². The van der Waals surface area contributed by atoms with E-state index in [4.69, 9.17) is 18.9 Å². The lowest BCUT2D eigenvalue weighted by Crippen LogP contribution is -2.65. The van der Waals surface area contributed by atoms with Gasteiger partial charge in [0.15, 0.2) is 12.6 Å². The molecule has 2 saturated heterocycles. The number of hydrogen-bond acceptors (Lipinski definition) is 11. The summed E-state index contributed by atoms with van der Waals surface area (Å²) in [6.45, 7) is 0.325. The number of aliphatic hydroxyl groups is 6. The smallest absolute Gasteiger partial charge is 0.217 e. The number of amides is 1. The van der Waals surface area contributed by atoms with Crippen molar-refractivity contribution in [2.45, 2.75) is 74.9 Å². The van der Waals surface area contributed by atoms with Crippen LogP contribution in [0.15, 0.2) is 30.3 Å². The molecule has 1 aromatic carbocycles. The second kappa shape index (κ2) is 11.6. The minimum Gasteiger partial charge on any atom is -0.394 e. The number of benzene rings is 1. The molecule has 2 heterocycles. The van der Waals surface area contributed by atoms with Gasteiger partial charge in [-0.2, -0.15) is 0 Å². The Hall–Kier alpha value is -1.71. The van der Waals surface area contributed by atoms with Crippen molar-refractivity contribution in [1.82, 2.24) is 5.32 Å². The molecule has 0 saturated carbocycles. The molecular weight excluding hydrogens is 442 g/mol. The van der Waals surface area contributed by atoms with Crippen molar-refractivity contribution in [3.8, 4) is 0 Å². The molecule has 186 valence electrons. The minimum absolute atomic E-state index is 0.102. The van der Waals surface area contributed by atoms with E-state index in [1.165, 1.54) is 6.92 Å². The van der Waals surface area contributed by atoms with Crippen LogP contribution >= 0.6 is 0 Å². The number of hydrogen-bond donors (Lipinski definition) is 7. The van der Waals surface area contributed by atoms with Gasteiger partial charge in [0.1, 0.15) is 48.8 Å². The average molecular weight is 473 g/mol. The van der Waals surface area contributed by atoms with Crippen LogP contribution in [0, 0.1) is 0 Å². The summed E-state index contributed by atoms with van der Waals surface area (Å²) < 4.78 is 22.2. The molecule has 0 aliphatic carbocycles. The number of aliphatic hydroxyl groups excluding tert-OH is 6. The van der Waals surface area contributed by atoms with Crippen molar-refractivity contribution in [2.75, 3.05) is 13.2 Å². The van der Waals surface area contributed by atoms with Crippen LogP contribution in [0.4, 0.5) is 0 Å². The molecule has 7 N–H and O–H groups in total. The second-order valence-electron chi connectivity index (χ2n) is 8.08. The van der Waals surface area contributed by atoms with Gasteiger partial charge in [-0.1, -0.05) is 30.3 Å². The van der Waals surface area contributed by atoms with Gasteiger partial charge in [0.05, 0.1) is 19.8 Å². The lowest BCUT2D eigenvalue weighted by Gasteiger charge is -2.44. The Kier molecular flexibility index (Phi) is 9.12. The fraction of sp³-hybridized carbons (Fsp3) is 0.667. The lowest BCUT2D eigenvalue weighted by molar-refractivity contribution is -0.322. The maximum atomic E-state index is 11.6. The average Bonchev–Trinajstić information content (AvgIpc) is 2.81. The molecule has 0 aromatic heterocycles. The second-order valence-corrected chi connectivity index (χ2v) is 8.08. The van der Waals surface area contributed by atoms with Crippen LogP contribution in [0.3, 0.4) is 0 Å². The summed E-state index contributed by atoms with van der Waals surface area (Å²) in [4.78, 5) is 11.6. The van der Waals surface area contributed by atoms with E-state index >= 15 is 0 Å². The first-order chi connectivity index (χ1) is 15.7. The maximum absolute atomic E-state index is 11.6. The molecule has 2 aliphatic heterocycles. The normalized spacial score (nSPS) is 39.2. The third-order valence-electron chi connectivity index (χ3n) is 5.60. The van der Waals surface area contributed by atoms with E-state index in [1.54, 1.807) is 0 Å². The summed E-state index contributed by atoms with van der Waals surface area (Å²) in [7, 11) is 0. The molecule has 0 bridgehead atoms. The van der Waals surface area contributed by atoms with E-state index in [9.17, 15) is 35.4 Å². The maximum Gasteiger partial charge on any atom is 0.217 e. The number of carbonyl (C=O) groups is 1. The molecule has 1 aromatic rings. The fourth-order valence-corrected chi connectivity index (χ4v) is 3.75. The first-order valence-corrected chi connectivity index (χ1v) is 10.6. The molecule has 10 atom stereocenters. The Bertz CT molecular complexity index is 751. The summed E-state index contributed by atoms with van der Waals surface area (Å²) in [5.41, 5.74) is 0.817. The van der Waals surface area contributed by atoms with Gasteiger partial charge < -0.3 is 54.9 Å². The number of ether oxygens (including phenoxy) is 4. The van der Waals surface area contributed by atoms with Crippen molar-refractivity contribution < 1.29 is 54.4 Å². The standard InChI is InChI=1S/C21H31NO11/c1-10(24)22-14-17(27)16(26)13(33-20(14)30-8-11-5-3-2-4-6-11)9-31-21-19(29)18(28)15(25)12(7-23)32-21/h2-6,12-21,23,25-29H,7-9H2,1H3,(H,22,24)/t12?,13?,14-,15+,16+,17+,18-,19-,20-,21+/m0/s1. The third kappa shape index (κ3) is 6.25. The third-order valence-corrected chi connectivity index (χ3v) is 5.60. The van der Waals surface area contributed by atoms with Crippen molar-refractivity contribution in [1.29, 1.82) is 0 Å². The highest BCUT2D eigenvalue weighted by Crippen LogP contribution is 2.26. The van der Waals surface area contributed by atoms with Crippen molar-refractivity contribution in [3.05, 3.63) is 35.9 Å². The van der Waals surface area contributed by atoms with Crippen molar-refractivity contribution in [2.24, 2.45) is 0 Å².